The third kappa shape index (κ3) is 6.46. The number of hydrogen-bond acceptors (Lipinski definition) is 1. The molecule has 0 spiro atoms. The maximum atomic E-state index is 10.5. The first kappa shape index (κ1) is 21.1. The lowest BCUT2D eigenvalue weighted by Crippen LogP contribution is -2.24. The summed E-state index contributed by atoms with van der Waals surface area (Å²) in [4.78, 5) is 10.5. The smallest absolute Gasteiger partial charge is 0.288 e. The van der Waals surface area contributed by atoms with Gasteiger partial charge in [0.15, 0.2) is 0 Å². The Kier molecular flexibility index (Phi) is 7.29. The standard InChI is InChI=1S/C18H32ClO2PS/c1-8-23(9-2)22(19,20)21-16-12-10-15(11-13-16)18(6,7)14-17(3,4)5/h10-13,20H,8-9,14H2,1-7H3. The first-order valence-corrected chi connectivity index (χ1v) is 12.9. The Bertz CT molecular complexity index is 562. The van der Waals surface area contributed by atoms with Crippen molar-refractivity contribution in [2.45, 2.75) is 60.3 Å². The van der Waals surface area contributed by atoms with E-state index in [0.717, 1.165) is 17.9 Å². The highest BCUT2D eigenvalue weighted by molar-refractivity contribution is 8.37. The topological polar surface area (TPSA) is 29.5 Å². The number of benzene rings is 1. The van der Waals surface area contributed by atoms with Gasteiger partial charge in [-0.25, -0.2) is 0 Å². The second-order valence-electron chi connectivity index (χ2n) is 7.73. The second-order valence-corrected chi connectivity index (χ2v) is 15.9. The lowest BCUT2D eigenvalue weighted by Gasteiger charge is -2.33. The van der Waals surface area contributed by atoms with Crippen LogP contribution in [-0.4, -0.2) is 16.4 Å². The van der Waals surface area contributed by atoms with Gasteiger partial charge in [0.05, 0.1) is 0 Å². The minimum Gasteiger partial charge on any atom is -0.436 e. The molecule has 0 saturated carbocycles. The van der Waals surface area contributed by atoms with Gasteiger partial charge < -0.3 is 9.42 Å². The van der Waals surface area contributed by atoms with Gasteiger partial charge >= 0.3 is 0 Å². The van der Waals surface area contributed by atoms with E-state index in [1.165, 1.54) is 5.56 Å². The highest BCUT2D eigenvalue weighted by atomic mass is 35.7. The van der Waals surface area contributed by atoms with E-state index in [0.29, 0.717) is 5.75 Å². The van der Waals surface area contributed by atoms with E-state index < -0.39 is 5.84 Å². The fraction of sp³-hybridized carbons (Fsp3) is 0.667. The molecular formula is C18H32ClO2PS. The first-order valence-electron chi connectivity index (χ1n) is 8.21. The zero-order valence-electron chi connectivity index (χ0n) is 15.5. The first-order chi connectivity index (χ1) is 10.4. The van der Waals surface area contributed by atoms with Crippen LogP contribution in [-0.2, 0) is 15.5 Å². The Morgan fingerprint density at radius 1 is 1.04 bits per heavy atom. The third-order valence-corrected chi connectivity index (χ3v) is 11.9. The predicted octanol–water partition coefficient (Wildman–Crippen LogP) is 6.35. The summed E-state index contributed by atoms with van der Waals surface area (Å²) in [5.74, 6) is -0.510. The molecule has 23 heavy (non-hydrogen) atoms. The quantitative estimate of drug-likeness (QED) is 0.584. The van der Waals surface area contributed by atoms with E-state index in [9.17, 15) is 4.89 Å². The summed E-state index contributed by atoms with van der Waals surface area (Å²) in [5, 5.41) is 0. The van der Waals surface area contributed by atoms with Crippen molar-refractivity contribution in [2.75, 3.05) is 11.5 Å². The predicted molar refractivity (Wildman–Crippen MR) is 108 cm³/mol. The molecular weight excluding hydrogens is 347 g/mol. The molecule has 0 aliphatic heterocycles. The van der Waals surface area contributed by atoms with E-state index in [4.69, 9.17) is 15.8 Å². The summed E-state index contributed by atoms with van der Waals surface area (Å²) in [6.45, 7) is 15.4. The molecule has 0 aliphatic rings. The van der Waals surface area contributed by atoms with Gasteiger partial charge in [-0.1, -0.05) is 60.6 Å². The van der Waals surface area contributed by atoms with Crippen LogP contribution in [0, 0.1) is 5.41 Å². The van der Waals surface area contributed by atoms with Gasteiger partial charge in [-0.15, -0.1) is 10.1 Å². The van der Waals surface area contributed by atoms with E-state index in [1.807, 2.05) is 26.0 Å². The molecule has 0 bridgehead atoms. The maximum Gasteiger partial charge on any atom is 0.288 e. The van der Waals surface area contributed by atoms with Crippen LogP contribution in [0.4, 0.5) is 0 Å². The summed E-state index contributed by atoms with van der Waals surface area (Å²) < 4.78 is 5.76. The minimum absolute atomic E-state index is 0.0975. The summed E-state index contributed by atoms with van der Waals surface area (Å²) in [6.07, 6.45) is 1.10. The monoisotopic (exact) mass is 378 g/mol. The van der Waals surface area contributed by atoms with Crippen LogP contribution in [0.1, 0.15) is 60.5 Å². The van der Waals surface area contributed by atoms with Crippen LogP contribution in [0.2, 0.25) is 0 Å². The van der Waals surface area contributed by atoms with Crippen LogP contribution in [0.5, 0.6) is 5.75 Å². The number of halogens is 1. The molecule has 0 aliphatic carbocycles. The highest BCUT2D eigenvalue weighted by Gasteiger charge is 2.27. The van der Waals surface area contributed by atoms with Gasteiger partial charge in [0, 0.05) is 0 Å². The van der Waals surface area contributed by atoms with Crippen LogP contribution in [0.3, 0.4) is 0 Å². The zero-order valence-corrected chi connectivity index (χ0v) is 18.0. The second kappa shape index (κ2) is 7.95. The van der Waals surface area contributed by atoms with Crippen LogP contribution >= 0.6 is 17.1 Å². The van der Waals surface area contributed by atoms with Crippen molar-refractivity contribution in [1.29, 1.82) is 0 Å². The Morgan fingerprint density at radius 2 is 1.52 bits per heavy atom. The maximum absolute atomic E-state index is 10.5. The Balaban J connectivity index is 3.00. The average molecular weight is 379 g/mol. The Hall–Kier alpha value is 0.0500. The molecule has 0 heterocycles. The van der Waals surface area contributed by atoms with Crippen molar-refractivity contribution in [3.8, 4) is 5.75 Å². The van der Waals surface area contributed by atoms with Crippen LogP contribution in [0.25, 0.3) is 0 Å². The van der Waals surface area contributed by atoms with Gasteiger partial charge in [-0.2, -0.15) is 0 Å². The number of hydrogen-bond donors (Lipinski definition) is 1. The summed E-state index contributed by atoms with van der Waals surface area (Å²) >= 11 is 6.31. The fourth-order valence-electron chi connectivity index (χ4n) is 3.10. The largest absolute Gasteiger partial charge is 0.436 e. The average Bonchev–Trinajstić information content (AvgIpc) is 2.37. The molecule has 1 N–H and O–H groups in total. The molecule has 1 aromatic rings. The zero-order chi connectivity index (χ0) is 17.9. The Morgan fingerprint density at radius 3 is 1.91 bits per heavy atom. The van der Waals surface area contributed by atoms with E-state index in [-0.39, 0.29) is 20.9 Å². The van der Waals surface area contributed by atoms with Gasteiger partial charge in [0.25, 0.3) is 5.84 Å². The van der Waals surface area contributed by atoms with Crippen molar-refractivity contribution >= 4 is 27.2 Å². The van der Waals surface area contributed by atoms with Crippen molar-refractivity contribution in [1.82, 2.24) is 0 Å². The van der Waals surface area contributed by atoms with E-state index in [2.05, 4.69) is 46.8 Å². The molecule has 1 aromatic carbocycles. The van der Waals surface area contributed by atoms with Gasteiger partial charge in [-0.3, -0.25) is 0 Å². The molecule has 0 saturated heterocycles. The van der Waals surface area contributed by atoms with Crippen molar-refractivity contribution in [2.24, 2.45) is 5.41 Å². The summed E-state index contributed by atoms with van der Waals surface area (Å²) in [5.41, 5.74) is 1.65. The molecule has 2 nitrogen and oxygen atoms in total. The molecule has 0 fully saturated rings. The summed E-state index contributed by atoms with van der Waals surface area (Å²) in [7, 11) is -0.275. The van der Waals surface area contributed by atoms with Crippen molar-refractivity contribution < 1.29 is 9.42 Å². The highest BCUT2D eigenvalue weighted by Crippen LogP contribution is 2.53. The SMILES string of the molecule is CCS(CC)=P(O)(Cl)Oc1ccc(C(C)(C)CC(C)(C)C)cc1. The van der Waals surface area contributed by atoms with Crippen molar-refractivity contribution in [3.63, 3.8) is 0 Å². The van der Waals surface area contributed by atoms with E-state index >= 15 is 0 Å². The molecule has 134 valence electrons. The van der Waals surface area contributed by atoms with Gasteiger partial charge in [0.1, 0.15) is 5.75 Å². The third-order valence-electron chi connectivity index (χ3n) is 3.81. The molecule has 0 radical (unpaired) electrons. The summed E-state index contributed by atoms with van der Waals surface area (Å²) in [6, 6.07) is 8.04. The van der Waals surface area contributed by atoms with E-state index in [1.54, 1.807) is 0 Å². The molecule has 1 atom stereocenters. The van der Waals surface area contributed by atoms with Gasteiger partial charge in [0.2, 0.25) is 0 Å². The normalized spacial score (nSPS) is 15.6. The Labute approximate surface area is 149 Å². The lowest BCUT2D eigenvalue weighted by atomic mass is 9.72. The molecule has 1 unspecified atom stereocenters. The molecule has 5 heteroatoms. The molecule has 0 amide bonds. The van der Waals surface area contributed by atoms with Crippen LogP contribution < -0.4 is 4.52 Å². The van der Waals surface area contributed by atoms with Crippen molar-refractivity contribution in [3.05, 3.63) is 29.8 Å². The minimum atomic E-state index is -2.86. The lowest BCUT2D eigenvalue weighted by molar-refractivity contribution is 0.284. The molecule has 1 rings (SSSR count). The fourth-order valence-corrected chi connectivity index (χ4v) is 9.11. The molecule has 0 aromatic heterocycles. The van der Waals surface area contributed by atoms with Gasteiger partial charge in [-0.05, 0) is 57.7 Å². The number of rotatable bonds is 6. The van der Waals surface area contributed by atoms with Crippen LogP contribution in [0.15, 0.2) is 24.3 Å².